The molecule has 1 nitrogen and oxygen atoms in total. The zero-order chi connectivity index (χ0) is 11.8. The number of aliphatic hydroxyl groups excluding tert-OH is 1. The van der Waals surface area contributed by atoms with Crippen molar-refractivity contribution in [2.24, 2.45) is 5.92 Å². The molecule has 0 saturated heterocycles. The van der Waals surface area contributed by atoms with Crippen LogP contribution in [0.1, 0.15) is 18.4 Å². The van der Waals surface area contributed by atoms with Crippen molar-refractivity contribution in [1.82, 2.24) is 0 Å². The summed E-state index contributed by atoms with van der Waals surface area (Å²) in [5, 5.41) is 10.1. The molecule has 0 saturated carbocycles. The number of hydrogen-bond donors (Lipinski definition) is 1. The molecular weight excluding hydrogens is 240 g/mol. The Hall–Kier alpha value is -0.180. The van der Waals surface area contributed by atoms with Gasteiger partial charge in [-0.05, 0) is 54.9 Å². The number of aliphatic hydroxyl groups is 1. The Labute approximate surface area is 107 Å². The van der Waals surface area contributed by atoms with E-state index in [1.54, 1.807) is 0 Å². The zero-order valence-corrected chi connectivity index (χ0v) is 11.2. The third kappa shape index (κ3) is 5.24. The lowest BCUT2D eigenvalue weighted by atomic mass is 9.96. The maximum absolute atomic E-state index is 9.31. The molecule has 1 N–H and O–H groups in total. The first-order valence-corrected chi connectivity index (χ1v) is 7.37. The van der Waals surface area contributed by atoms with Crippen molar-refractivity contribution >= 4 is 23.4 Å². The summed E-state index contributed by atoms with van der Waals surface area (Å²) < 4.78 is 0. The van der Waals surface area contributed by atoms with Crippen LogP contribution >= 0.6 is 23.4 Å². The summed E-state index contributed by atoms with van der Waals surface area (Å²) in [7, 11) is 0. The first kappa shape index (κ1) is 13.9. The minimum absolute atomic E-state index is 0.275. The predicted octanol–water partition coefficient (Wildman–Crippen LogP) is 3.63. The van der Waals surface area contributed by atoms with Gasteiger partial charge in [0.15, 0.2) is 0 Å². The molecule has 1 rings (SSSR count). The van der Waals surface area contributed by atoms with Crippen LogP contribution in [0.2, 0.25) is 5.02 Å². The van der Waals surface area contributed by atoms with Crippen LogP contribution in [0.15, 0.2) is 24.3 Å². The van der Waals surface area contributed by atoms with Gasteiger partial charge in [-0.15, -0.1) is 0 Å². The summed E-state index contributed by atoms with van der Waals surface area (Å²) in [6.45, 7) is 0.275. The van der Waals surface area contributed by atoms with Gasteiger partial charge in [-0.25, -0.2) is 0 Å². The van der Waals surface area contributed by atoms with Gasteiger partial charge >= 0.3 is 0 Å². The highest BCUT2D eigenvalue weighted by atomic mass is 35.5. The molecular formula is C13H19ClOS. The summed E-state index contributed by atoms with van der Waals surface area (Å²) in [5.41, 5.74) is 1.26. The van der Waals surface area contributed by atoms with Gasteiger partial charge in [-0.3, -0.25) is 0 Å². The van der Waals surface area contributed by atoms with E-state index in [1.165, 1.54) is 17.7 Å². The Morgan fingerprint density at radius 2 is 2.00 bits per heavy atom. The van der Waals surface area contributed by atoms with Gasteiger partial charge in [0.05, 0.1) is 0 Å². The first-order chi connectivity index (χ1) is 7.76. The van der Waals surface area contributed by atoms with Gasteiger partial charge in [-0.1, -0.05) is 23.7 Å². The maximum Gasteiger partial charge on any atom is 0.0462 e. The summed E-state index contributed by atoms with van der Waals surface area (Å²) in [6, 6.07) is 7.90. The molecule has 1 aromatic carbocycles. The van der Waals surface area contributed by atoms with E-state index in [2.05, 4.69) is 6.26 Å². The number of halogens is 1. The number of thioether (sulfide) groups is 1. The number of benzene rings is 1. The van der Waals surface area contributed by atoms with Crippen molar-refractivity contribution in [3.05, 3.63) is 34.9 Å². The van der Waals surface area contributed by atoms with E-state index in [-0.39, 0.29) is 6.61 Å². The van der Waals surface area contributed by atoms with Gasteiger partial charge < -0.3 is 5.11 Å². The van der Waals surface area contributed by atoms with E-state index >= 15 is 0 Å². The van der Waals surface area contributed by atoms with E-state index in [1.807, 2.05) is 36.0 Å². The molecule has 1 aromatic rings. The smallest absolute Gasteiger partial charge is 0.0462 e. The van der Waals surface area contributed by atoms with Gasteiger partial charge in [0, 0.05) is 11.6 Å². The molecule has 16 heavy (non-hydrogen) atoms. The maximum atomic E-state index is 9.31. The minimum atomic E-state index is 0.275. The average Bonchev–Trinajstić information content (AvgIpc) is 2.31. The van der Waals surface area contributed by atoms with Crippen molar-refractivity contribution in [2.45, 2.75) is 19.3 Å². The molecule has 3 heteroatoms. The van der Waals surface area contributed by atoms with E-state index < -0.39 is 0 Å². The first-order valence-electron chi connectivity index (χ1n) is 5.60. The van der Waals surface area contributed by atoms with Gasteiger partial charge in [-0.2, -0.15) is 11.8 Å². The normalized spacial score (nSPS) is 12.7. The Morgan fingerprint density at radius 1 is 1.31 bits per heavy atom. The Kier molecular flexibility index (Phi) is 6.93. The quantitative estimate of drug-likeness (QED) is 0.754. The second-order valence-corrected chi connectivity index (χ2v) is 5.44. The largest absolute Gasteiger partial charge is 0.396 e. The van der Waals surface area contributed by atoms with Gasteiger partial charge in [0.2, 0.25) is 0 Å². The minimum Gasteiger partial charge on any atom is -0.396 e. The van der Waals surface area contributed by atoms with Crippen molar-refractivity contribution in [3.8, 4) is 0 Å². The monoisotopic (exact) mass is 258 g/mol. The average molecular weight is 259 g/mol. The topological polar surface area (TPSA) is 20.2 Å². The molecule has 0 aliphatic heterocycles. The standard InChI is InChI=1S/C13H19ClOS/c1-16-8-2-3-12(10-15)9-11-4-6-13(14)7-5-11/h4-7,12,15H,2-3,8-10H2,1H3. The fourth-order valence-electron chi connectivity index (χ4n) is 1.73. The molecule has 0 radical (unpaired) electrons. The van der Waals surface area contributed by atoms with E-state index in [0.717, 1.165) is 17.9 Å². The Morgan fingerprint density at radius 3 is 2.56 bits per heavy atom. The van der Waals surface area contributed by atoms with Crippen molar-refractivity contribution in [1.29, 1.82) is 0 Å². The van der Waals surface area contributed by atoms with E-state index in [4.69, 9.17) is 11.6 Å². The van der Waals surface area contributed by atoms with Gasteiger partial charge in [0.1, 0.15) is 0 Å². The lowest BCUT2D eigenvalue weighted by molar-refractivity contribution is 0.217. The zero-order valence-electron chi connectivity index (χ0n) is 9.66. The summed E-state index contributed by atoms with van der Waals surface area (Å²) in [5.74, 6) is 1.56. The summed E-state index contributed by atoms with van der Waals surface area (Å²) >= 11 is 7.70. The molecule has 0 spiro atoms. The second-order valence-electron chi connectivity index (χ2n) is 4.01. The lowest BCUT2D eigenvalue weighted by Gasteiger charge is -2.13. The number of hydrogen-bond acceptors (Lipinski definition) is 2. The molecule has 1 atom stereocenters. The van der Waals surface area contributed by atoms with Crippen LogP contribution in [0.5, 0.6) is 0 Å². The predicted molar refractivity (Wildman–Crippen MR) is 73.3 cm³/mol. The molecule has 90 valence electrons. The fraction of sp³-hybridized carbons (Fsp3) is 0.538. The van der Waals surface area contributed by atoms with Crippen molar-refractivity contribution in [3.63, 3.8) is 0 Å². The van der Waals surface area contributed by atoms with Crippen LogP contribution in [0.3, 0.4) is 0 Å². The molecule has 0 aliphatic rings. The van der Waals surface area contributed by atoms with Crippen molar-refractivity contribution < 1.29 is 5.11 Å². The SMILES string of the molecule is CSCCCC(CO)Cc1ccc(Cl)cc1. The third-order valence-electron chi connectivity index (χ3n) is 2.66. The highest BCUT2D eigenvalue weighted by molar-refractivity contribution is 7.98. The van der Waals surface area contributed by atoms with Gasteiger partial charge in [0.25, 0.3) is 0 Å². The Balaban J connectivity index is 2.40. The van der Waals surface area contributed by atoms with Crippen LogP contribution in [0.25, 0.3) is 0 Å². The fourth-order valence-corrected chi connectivity index (χ4v) is 2.31. The van der Waals surface area contributed by atoms with Crippen LogP contribution < -0.4 is 0 Å². The summed E-state index contributed by atoms with van der Waals surface area (Å²) in [6.07, 6.45) is 5.34. The molecule has 0 heterocycles. The summed E-state index contributed by atoms with van der Waals surface area (Å²) in [4.78, 5) is 0. The second kappa shape index (κ2) is 7.99. The molecule has 0 bridgehead atoms. The molecule has 1 unspecified atom stereocenters. The molecule has 0 aliphatic carbocycles. The van der Waals surface area contributed by atoms with Crippen LogP contribution in [0.4, 0.5) is 0 Å². The van der Waals surface area contributed by atoms with E-state index in [0.29, 0.717) is 5.92 Å². The Bertz CT molecular complexity index is 286. The van der Waals surface area contributed by atoms with Crippen LogP contribution in [0, 0.1) is 5.92 Å². The van der Waals surface area contributed by atoms with Crippen LogP contribution in [-0.2, 0) is 6.42 Å². The van der Waals surface area contributed by atoms with Crippen molar-refractivity contribution in [2.75, 3.05) is 18.6 Å². The van der Waals surface area contributed by atoms with E-state index in [9.17, 15) is 5.11 Å². The third-order valence-corrected chi connectivity index (χ3v) is 3.61. The molecule has 0 fully saturated rings. The number of rotatable bonds is 7. The molecule has 0 aromatic heterocycles. The molecule has 0 amide bonds. The lowest BCUT2D eigenvalue weighted by Crippen LogP contribution is -2.10. The highest BCUT2D eigenvalue weighted by Crippen LogP contribution is 2.17. The highest BCUT2D eigenvalue weighted by Gasteiger charge is 2.08. The van der Waals surface area contributed by atoms with Crippen LogP contribution in [-0.4, -0.2) is 23.7 Å².